The molecule has 0 aliphatic heterocycles. The Labute approximate surface area is 113 Å². The Morgan fingerprint density at radius 1 is 1.37 bits per heavy atom. The fourth-order valence-corrected chi connectivity index (χ4v) is 2.02. The van der Waals surface area contributed by atoms with Crippen molar-refractivity contribution >= 4 is 11.9 Å². The Morgan fingerprint density at radius 3 is 2.68 bits per heavy atom. The molecule has 0 radical (unpaired) electrons. The second kappa shape index (κ2) is 5.87. The molecule has 0 spiro atoms. The summed E-state index contributed by atoms with van der Waals surface area (Å²) in [5, 5.41) is 2.85. The highest BCUT2D eigenvalue weighted by atomic mass is 16.5. The van der Waals surface area contributed by atoms with Gasteiger partial charge in [0, 0.05) is 6.04 Å². The molecular weight excluding hydrogens is 242 g/mol. The van der Waals surface area contributed by atoms with E-state index >= 15 is 0 Å². The molecule has 4 nitrogen and oxygen atoms in total. The minimum absolute atomic E-state index is 0.171. The molecule has 4 heteroatoms. The molecule has 2 rings (SSSR count). The van der Waals surface area contributed by atoms with E-state index in [0.29, 0.717) is 11.5 Å². The van der Waals surface area contributed by atoms with Crippen LogP contribution in [0.15, 0.2) is 24.3 Å². The molecule has 1 aliphatic rings. The average Bonchev–Trinajstić information content (AvgIpc) is 3.20. The molecule has 0 aromatic heterocycles. The van der Waals surface area contributed by atoms with Crippen molar-refractivity contribution < 1.29 is 14.3 Å². The number of hydrogen-bond acceptors (Lipinski definition) is 3. The lowest BCUT2D eigenvalue weighted by Crippen LogP contribution is -2.37. The Bertz CT molecular complexity index is 480. The van der Waals surface area contributed by atoms with Crippen LogP contribution >= 0.6 is 0 Å². The number of rotatable bonds is 5. The van der Waals surface area contributed by atoms with Crippen LogP contribution < -0.4 is 5.32 Å². The summed E-state index contributed by atoms with van der Waals surface area (Å²) in [6, 6.07) is 7.34. The maximum absolute atomic E-state index is 11.8. The van der Waals surface area contributed by atoms with E-state index in [9.17, 15) is 9.59 Å². The fourth-order valence-electron chi connectivity index (χ4n) is 2.02. The summed E-state index contributed by atoms with van der Waals surface area (Å²) in [5.74, 6) is -0.0929. The van der Waals surface area contributed by atoms with Gasteiger partial charge < -0.3 is 10.1 Å². The third kappa shape index (κ3) is 3.81. The standard InChI is InChI=1S/C15H19NO3/c1-10-5-3-4-6-13(10)15(18)19-9-14(17)16-11(2)12-7-8-12/h3-6,11-12H,7-9H2,1-2H3,(H,16,17)/t11-/m1/s1. The fraction of sp³-hybridized carbons (Fsp3) is 0.467. The van der Waals surface area contributed by atoms with Crippen molar-refractivity contribution in [2.75, 3.05) is 6.61 Å². The maximum Gasteiger partial charge on any atom is 0.338 e. The Kier molecular flexibility index (Phi) is 4.20. The highest BCUT2D eigenvalue weighted by molar-refractivity contribution is 5.92. The lowest BCUT2D eigenvalue weighted by molar-refractivity contribution is -0.124. The Morgan fingerprint density at radius 2 is 2.05 bits per heavy atom. The van der Waals surface area contributed by atoms with Crippen molar-refractivity contribution in [2.24, 2.45) is 5.92 Å². The van der Waals surface area contributed by atoms with Crippen LogP contribution in [0.25, 0.3) is 0 Å². The lowest BCUT2D eigenvalue weighted by atomic mass is 10.1. The topological polar surface area (TPSA) is 55.4 Å². The first-order valence-electron chi connectivity index (χ1n) is 6.60. The summed E-state index contributed by atoms with van der Waals surface area (Å²) in [4.78, 5) is 23.4. The molecule has 0 bridgehead atoms. The summed E-state index contributed by atoms with van der Waals surface area (Å²) >= 11 is 0. The van der Waals surface area contributed by atoms with E-state index < -0.39 is 5.97 Å². The molecule has 1 saturated carbocycles. The first kappa shape index (κ1) is 13.6. The monoisotopic (exact) mass is 261 g/mol. The average molecular weight is 261 g/mol. The largest absolute Gasteiger partial charge is 0.452 e. The van der Waals surface area contributed by atoms with E-state index in [0.717, 1.165) is 5.56 Å². The van der Waals surface area contributed by atoms with Gasteiger partial charge in [0.1, 0.15) is 0 Å². The SMILES string of the molecule is Cc1ccccc1C(=O)OCC(=O)N[C@H](C)C1CC1. The number of amides is 1. The van der Waals surface area contributed by atoms with Crippen LogP contribution in [-0.4, -0.2) is 24.5 Å². The smallest absolute Gasteiger partial charge is 0.338 e. The Hall–Kier alpha value is -1.84. The van der Waals surface area contributed by atoms with E-state index in [2.05, 4.69) is 5.32 Å². The van der Waals surface area contributed by atoms with E-state index in [-0.39, 0.29) is 18.6 Å². The molecule has 1 fully saturated rings. The van der Waals surface area contributed by atoms with Gasteiger partial charge in [-0.3, -0.25) is 4.79 Å². The van der Waals surface area contributed by atoms with Crippen LogP contribution in [0.5, 0.6) is 0 Å². The molecule has 0 heterocycles. The number of aryl methyl sites for hydroxylation is 1. The lowest BCUT2D eigenvalue weighted by Gasteiger charge is -2.13. The summed E-state index contributed by atoms with van der Waals surface area (Å²) < 4.78 is 5.02. The summed E-state index contributed by atoms with van der Waals surface area (Å²) in [5.41, 5.74) is 1.35. The number of hydrogen-bond donors (Lipinski definition) is 1. The normalized spacial score (nSPS) is 15.7. The number of nitrogens with one attached hydrogen (secondary N) is 1. The van der Waals surface area contributed by atoms with Crippen LogP contribution in [0.4, 0.5) is 0 Å². The van der Waals surface area contributed by atoms with Crippen LogP contribution in [0.1, 0.15) is 35.7 Å². The third-order valence-electron chi connectivity index (χ3n) is 3.42. The molecule has 1 N–H and O–H groups in total. The van der Waals surface area contributed by atoms with Gasteiger partial charge in [-0.05, 0) is 44.2 Å². The van der Waals surface area contributed by atoms with Gasteiger partial charge in [-0.25, -0.2) is 4.79 Å². The van der Waals surface area contributed by atoms with Crippen LogP contribution in [-0.2, 0) is 9.53 Å². The minimum Gasteiger partial charge on any atom is -0.452 e. The van der Waals surface area contributed by atoms with Gasteiger partial charge in [-0.15, -0.1) is 0 Å². The van der Waals surface area contributed by atoms with Crippen molar-refractivity contribution in [1.82, 2.24) is 5.32 Å². The summed E-state index contributed by atoms with van der Waals surface area (Å²) in [6.07, 6.45) is 2.34. The molecule has 0 unspecified atom stereocenters. The predicted octanol–water partition coefficient (Wildman–Crippen LogP) is 2.07. The molecule has 19 heavy (non-hydrogen) atoms. The zero-order chi connectivity index (χ0) is 13.8. The second-order valence-corrected chi connectivity index (χ2v) is 5.08. The molecule has 1 aromatic carbocycles. The van der Waals surface area contributed by atoms with Gasteiger partial charge in [0.15, 0.2) is 6.61 Å². The second-order valence-electron chi connectivity index (χ2n) is 5.08. The van der Waals surface area contributed by atoms with Gasteiger partial charge in [-0.2, -0.15) is 0 Å². The highest BCUT2D eigenvalue weighted by Crippen LogP contribution is 2.32. The first-order chi connectivity index (χ1) is 9.08. The zero-order valence-corrected chi connectivity index (χ0v) is 11.3. The molecule has 102 valence electrons. The molecule has 1 amide bonds. The third-order valence-corrected chi connectivity index (χ3v) is 3.42. The first-order valence-corrected chi connectivity index (χ1v) is 6.60. The molecule has 1 atom stereocenters. The maximum atomic E-state index is 11.8. The van der Waals surface area contributed by atoms with E-state index in [1.165, 1.54) is 12.8 Å². The van der Waals surface area contributed by atoms with E-state index in [4.69, 9.17) is 4.74 Å². The summed E-state index contributed by atoms with van der Waals surface area (Å²) in [6.45, 7) is 3.61. The molecule has 1 aromatic rings. The van der Waals surface area contributed by atoms with Crippen molar-refractivity contribution in [3.63, 3.8) is 0 Å². The molecule has 0 saturated heterocycles. The van der Waals surface area contributed by atoms with Gasteiger partial charge in [-0.1, -0.05) is 18.2 Å². The molecule has 1 aliphatic carbocycles. The predicted molar refractivity (Wildman–Crippen MR) is 71.8 cm³/mol. The van der Waals surface area contributed by atoms with Gasteiger partial charge >= 0.3 is 5.97 Å². The zero-order valence-electron chi connectivity index (χ0n) is 11.3. The number of carbonyl (C=O) groups excluding carboxylic acids is 2. The number of ether oxygens (including phenoxy) is 1. The number of carbonyl (C=O) groups is 2. The summed E-state index contributed by atoms with van der Waals surface area (Å²) in [7, 11) is 0. The van der Waals surface area contributed by atoms with E-state index in [1.807, 2.05) is 26.0 Å². The van der Waals surface area contributed by atoms with Crippen LogP contribution in [0.3, 0.4) is 0 Å². The van der Waals surface area contributed by atoms with E-state index in [1.54, 1.807) is 12.1 Å². The van der Waals surface area contributed by atoms with Crippen LogP contribution in [0, 0.1) is 12.8 Å². The van der Waals surface area contributed by atoms with Crippen molar-refractivity contribution in [3.05, 3.63) is 35.4 Å². The Balaban J connectivity index is 1.80. The van der Waals surface area contributed by atoms with Gasteiger partial charge in [0.05, 0.1) is 5.56 Å². The minimum atomic E-state index is -0.452. The van der Waals surface area contributed by atoms with Crippen molar-refractivity contribution in [2.45, 2.75) is 32.7 Å². The number of esters is 1. The number of benzene rings is 1. The highest BCUT2D eigenvalue weighted by Gasteiger charge is 2.29. The van der Waals surface area contributed by atoms with Crippen molar-refractivity contribution in [3.8, 4) is 0 Å². The van der Waals surface area contributed by atoms with Gasteiger partial charge in [0.2, 0.25) is 0 Å². The molecular formula is C15H19NO3. The quantitative estimate of drug-likeness (QED) is 0.825. The van der Waals surface area contributed by atoms with Crippen LogP contribution in [0.2, 0.25) is 0 Å². The van der Waals surface area contributed by atoms with Crippen molar-refractivity contribution in [1.29, 1.82) is 0 Å². The van der Waals surface area contributed by atoms with Gasteiger partial charge in [0.25, 0.3) is 5.91 Å².